The molecule has 0 saturated carbocycles. The van der Waals surface area contributed by atoms with Gasteiger partial charge in [0.05, 0.1) is 19.4 Å². The van der Waals surface area contributed by atoms with Crippen LogP contribution in [-0.4, -0.2) is 37.6 Å². The van der Waals surface area contributed by atoms with Gasteiger partial charge in [0.1, 0.15) is 11.5 Å². The van der Waals surface area contributed by atoms with E-state index in [1.807, 2.05) is 30.3 Å². The van der Waals surface area contributed by atoms with E-state index in [-0.39, 0.29) is 11.9 Å². The zero-order valence-corrected chi connectivity index (χ0v) is 14.7. The van der Waals surface area contributed by atoms with Crippen molar-refractivity contribution in [2.45, 2.75) is 31.7 Å². The van der Waals surface area contributed by atoms with Gasteiger partial charge in [-0.25, -0.2) is 0 Å². The number of nitrogens with one attached hydrogen (secondary N) is 1. The number of ether oxygens (including phenoxy) is 1. The molecule has 1 atom stereocenters. The van der Waals surface area contributed by atoms with E-state index in [1.54, 1.807) is 13.4 Å². The van der Waals surface area contributed by atoms with Crippen LogP contribution in [0.1, 0.15) is 36.6 Å². The second-order valence-corrected chi connectivity index (χ2v) is 6.38. The van der Waals surface area contributed by atoms with Gasteiger partial charge >= 0.3 is 0 Å². The van der Waals surface area contributed by atoms with Gasteiger partial charge in [-0.3, -0.25) is 9.69 Å². The molecular formula is C20H26N2O3. The van der Waals surface area contributed by atoms with Gasteiger partial charge in [-0.15, -0.1) is 0 Å². The number of aryl methyl sites for hydroxylation is 1. The number of hydrogen-bond acceptors (Lipinski definition) is 4. The van der Waals surface area contributed by atoms with Gasteiger partial charge < -0.3 is 14.5 Å². The fourth-order valence-corrected chi connectivity index (χ4v) is 3.42. The SMILES string of the molecule is COc1ccccc1C(CNC(=O)CCc1ccco1)N1CCCC1. The van der Waals surface area contributed by atoms with Gasteiger partial charge in [0.2, 0.25) is 5.91 Å². The largest absolute Gasteiger partial charge is 0.496 e. The van der Waals surface area contributed by atoms with Crippen LogP contribution in [0.5, 0.6) is 5.75 Å². The number of furan rings is 1. The number of likely N-dealkylation sites (tertiary alicyclic amines) is 1. The highest BCUT2D eigenvalue weighted by molar-refractivity contribution is 5.76. The van der Waals surface area contributed by atoms with Gasteiger partial charge in [0, 0.05) is 24.9 Å². The first-order valence-electron chi connectivity index (χ1n) is 8.94. The third-order valence-corrected chi connectivity index (χ3v) is 4.75. The quantitative estimate of drug-likeness (QED) is 0.800. The molecule has 1 fully saturated rings. The van der Waals surface area contributed by atoms with Crippen molar-refractivity contribution in [3.8, 4) is 5.75 Å². The molecule has 2 heterocycles. The van der Waals surface area contributed by atoms with Crippen LogP contribution in [0.3, 0.4) is 0 Å². The molecule has 1 N–H and O–H groups in total. The summed E-state index contributed by atoms with van der Waals surface area (Å²) < 4.78 is 10.8. The van der Waals surface area contributed by atoms with Gasteiger partial charge in [-0.05, 0) is 44.1 Å². The summed E-state index contributed by atoms with van der Waals surface area (Å²) >= 11 is 0. The van der Waals surface area contributed by atoms with Crippen molar-refractivity contribution in [1.82, 2.24) is 10.2 Å². The predicted octanol–water partition coefficient (Wildman–Crippen LogP) is 3.17. The first-order chi connectivity index (χ1) is 12.3. The highest BCUT2D eigenvalue weighted by Gasteiger charge is 2.26. The van der Waals surface area contributed by atoms with E-state index in [1.165, 1.54) is 12.8 Å². The Morgan fingerprint density at radius 2 is 2.04 bits per heavy atom. The second kappa shape index (κ2) is 8.72. The summed E-state index contributed by atoms with van der Waals surface area (Å²) in [6.45, 7) is 2.72. The smallest absolute Gasteiger partial charge is 0.220 e. The number of hydrogen-bond donors (Lipinski definition) is 1. The fraction of sp³-hybridized carbons (Fsp3) is 0.450. The van der Waals surface area contributed by atoms with Crippen molar-refractivity contribution in [2.75, 3.05) is 26.7 Å². The van der Waals surface area contributed by atoms with Crippen molar-refractivity contribution in [1.29, 1.82) is 0 Å². The molecule has 1 aliphatic rings. The highest BCUT2D eigenvalue weighted by atomic mass is 16.5. The average Bonchev–Trinajstić information content (AvgIpc) is 3.34. The van der Waals surface area contributed by atoms with Gasteiger partial charge in [-0.2, -0.15) is 0 Å². The number of benzene rings is 1. The third-order valence-electron chi connectivity index (χ3n) is 4.75. The lowest BCUT2D eigenvalue weighted by atomic mass is 10.0. The molecule has 5 heteroatoms. The molecule has 1 aromatic carbocycles. The molecule has 1 unspecified atom stereocenters. The number of carbonyl (C=O) groups is 1. The standard InChI is InChI=1S/C20H26N2O3/c1-24-19-9-3-2-8-17(19)18(22-12-4-5-13-22)15-21-20(23)11-10-16-7-6-14-25-16/h2-3,6-9,14,18H,4-5,10-13,15H2,1H3,(H,21,23). The van der Waals surface area contributed by atoms with E-state index < -0.39 is 0 Å². The van der Waals surface area contributed by atoms with E-state index in [0.717, 1.165) is 30.2 Å². The van der Waals surface area contributed by atoms with Crippen molar-refractivity contribution in [3.63, 3.8) is 0 Å². The van der Waals surface area contributed by atoms with E-state index in [2.05, 4.69) is 16.3 Å². The highest BCUT2D eigenvalue weighted by Crippen LogP contribution is 2.31. The molecule has 0 aliphatic carbocycles. The Hall–Kier alpha value is -2.27. The maximum absolute atomic E-state index is 12.2. The molecule has 5 nitrogen and oxygen atoms in total. The summed E-state index contributed by atoms with van der Waals surface area (Å²) in [5.74, 6) is 1.77. The predicted molar refractivity (Wildman–Crippen MR) is 96.6 cm³/mol. The lowest BCUT2D eigenvalue weighted by Crippen LogP contribution is -2.37. The Balaban J connectivity index is 1.62. The van der Waals surface area contributed by atoms with Crippen molar-refractivity contribution < 1.29 is 13.9 Å². The topological polar surface area (TPSA) is 54.7 Å². The van der Waals surface area contributed by atoms with Crippen LogP contribution >= 0.6 is 0 Å². The zero-order chi connectivity index (χ0) is 17.5. The monoisotopic (exact) mass is 342 g/mol. The summed E-state index contributed by atoms with van der Waals surface area (Å²) in [6.07, 6.45) is 5.11. The zero-order valence-electron chi connectivity index (χ0n) is 14.7. The van der Waals surface area contributed by atoms with E-state index in [0.29, 0.717) is 19.4 Å². The van der Waals surface area contributed by atoms with E-state index >= 15 is 0 Å². The lowest BCUT2D eigenvalue weighted by Gasteiger charge is -2.29. The van der Waals surface area contributed by atoms with Crippen LogP contribution in [0.25, 0.3) is 0 Å². The number of carbonyl (C=O) groups excluding carboxylic acids is 1. The first-order valence-corrected chi connectivity index (χ1v) is 8.94. The molecule has 25 heavy (non-hydrogen) atoms. The van der Waals surface area contributed by atoms with E-state index in [9.17, 15) is 4.79 Å². The minimum atomic E-state index is 0.0514. The minimum absolute atomic E-state index is 0.0514. The third kappa shape index (κ3) is 4.63. The van der Waals surface area contributed by atoms with Gasteiger partial charge in [0.25, 0.3) is 0 Å². The molecule has 0 spiro atoms. The molecule has 0 radical (unpaired) electrons. The van der Waals surface area contributed by atoms with Crippen LogP contribution in [-0.2, 0) is 11.2 Å². The minimum Gasteiger partial charge on any atom is -0.496 e. The van der Waals surface area contributed by atoms with Crippen LogP contribution in [0.2, 0.25) is 0 Å². The molecule has 3 rings (SSSR count). The van der Waals surface area contributed by atoms with E-state index in [4.69, 9.17) is 9.15 Å². The first kappa shape index (κ1) is 17.5. The summed E-state index contributed by atoms with van der Waals surface area (Å²) in [5.41, 5.74) is 1.14. The van der Waals surface area contributed by atoms with Crippen molar-refractivity contribution in [3.05, 3.63) is 54.0 Å². The summed E-state index contributed by atoms with van der Waals surface area (Å²) in [6, 6.07) is 12.0. The molecule has 1 amide bonds. The van der Waals surface area contributed by atoms with Gasteiger partial charge in [-0.1, -0.05) is 18.2 Å². The molecule has 1 aromatic heterocycles. The van der Waals surface area contributed by atoms with Crippen LogP contribution < -0.4 is 10.1 Å². The molecule has 1 aliphatic heterocycles. The second-order valence-electron chi connectivity index (χ2n) is 6.38. The Morgan fingerprint density at radius 3 is 2.76 bits per heavy atom. The van der Waals surface area contributed by atoms with Crippen molar-refractivity contribution >= 4 is 5.91 Å². The molecule has 0 bridgehead atoms. The number of methoxy groups -OCH3 is 1. The fourth-order valence-electron chi connectivity index (χ4n) is 3.42. The maximum atomic E-state index is 12.2. The number of nitrogens with zero attached hydrogens (tertiary/aromatic N) is 1. The Morgan fingerprint density at radius 1 is 1.24 bits per heavy atom. The Bertz CT molecular complexity index is 663. The molecule has 1 saturated heterocycles. The molecule has 134 valence electrons. The number of para-hydroxylation sites is 1. The maximum Gasteiger partial charge on any atom is 0.220 e. The summed E-state index contributed by atoms with van der Waals surface area (Å²) in [7, 11) is 1.70. The van der Waals surface area contributed by atoms with Crippen LogP contribution in [0.4, 0.5) is 0 Å². The Labute approximate surface area is 149 Å². The number of rotatable bonds is 8. The lowest BCUT2D eigenvalue weighted by molar-refractivity contribution is -0.121. The van der Waals surface area contributed by atoms with Crippen LogP contribution in [0, 0.1) is 0 Å². The normalized spacial score (nSPS) is 15.9. The molecular weight excluding hydrogens is 316 g/mol. The number of amides is 1. The summed E-state index contributed by atoms with van der Waals surface area (Å²) in [4.78, 5) is 14.7. The molecule has 2 aromatic rings. The van der Waals surface area contributed by atoms with Crippen molar-refractivity contribution in [2.24, 2.45) is 0 Å². The van der Waals surface area contributed by atoms with Gasteiger partial charge in [0.15, 0.2) is 0 Å². The van der Waals surface area contributed by atoms with Crippen LogP contribution in [0.15, 0.2) is 47.1 Å². The summed E-state index contributed by atoms with van der Waals surface area (Å²) in [5, 5.41) is 3.09. The average molecular weight is 342 g/mol. The Kier molecular flexibility index (Phi) is 6.12.